The van der Waals surface area contributed by atoms with Crippen LogP contribution in [0.3, 0.4) is 0 Å². The highest BCUT2D eigenvalue weighted by Crippen LogP contribution is 2.28. The monoisotopic (exact) mass is 222 g/mol. The summed E-state index contributed by atoms with van der Waals surface area (Å²) in [6.07, 6.45) is 0. The molecule has 4 N–H and O–H groups in total. The Bertz CT molecular complexity index is 420. The molecule has 0 spiro atoms. The second-order valence-electron chi connectivity index (χ2n) is 4.65. The first-order valence-corrected chi connectivity index (χ1v) is 5.12. The maximum absolute atomic E-state index is 11.7. The van der Waals surface area contributed by atoms with Crippen molar-refractivity contribution in [1.29, 1.82) is 0 Å². The van der Waals surface area contributed by atoms with Gasteiger partial charge in [0.05, 0.1) is 11.2 Å². The van der Waals surface area contributed by atoms with Gasteiger partial charge in [-0.2, -0.15) is 0 Å². The van der Waals surface area contributed by atoms with Crippen LogP contribution in [0.1, 0.15) is 25.0 Å². The Morgan fingerprint density at radius 1 is 1.38 bits per heavy atom. The lowest BCUT2D eigenvalue weighted by Gasteiger charge is -2.19. The smallest absolute Gasteiger partial charge is 0.243 e. The van der Waals surface area contributed by atoms with Gasteiger partial charge in [-0.1, -0.05) is 6.07 Å². The molecule has 4 heteroatoms. The van der Waals surface area contributed by atoms with Crippen LogP contribution in [0.5, 0.6) is 5.75 Å². The molecule has 0 unspecified atom stereocenters. The predicted molar refractivity (Wildman–Crippen MR) is 64.5 cm³/mol. The van der Waals surface area contributed by atoms with Gasteiger partial charge < -0.3 is 16.2 Å². The van der Waals surface area contributed by atoms with Crippen LogP contribution in [0.15, 0.2) is 12.1 Å². The first-order chi connectivity index (χ1) is 7.21. The molecule has 1 aromatic rings. The number of nitrogens with two attached hydrogens (primary N) is 1. The summed E-state index contributed by atoms with van der Waals surface area (Å²) < 4.78 is 0. The molecular weight excluding hydrogens is 204 g/mol. The van der Waals surface area contributed by atoms with Crippen molar-refractivity contribution in [2.75, 3.05) is 5.32 Å². The minimum atomic E-state index is -0.968. The van der Waals surface area contributed by atoms with Crippen molar-refractivity contribution >= 4 is 11.6 Å². The Hall–Kier alpha value is -1.55. The Balaban J connectivity index is 3.03. The van der Waals surface area contributed by atoms with Gasteiger partial charge in [-0.25, -0.2) is 0 Å². The molecule has 0 aliphatic carbocycles. The van der Waals surface area contributed by atoms with Crippen LogP contribution in [-0.4, -0.2) is 16.6 Å². The summed E-state index contributed by atoms with van der Waals surface area (Å²) in [5.41, 5.74) is 6.79. The van der Waals surface area contributed by atoms with E-state index in [-0.39, 0.29) is 11.7 Å². The molecule has 1 rings (SSSR count). The van der Waals surface area contributed by atoms with Gasteiger partial charge in [-0.05, 0) is 44.9 Å². The molecule has 0 saturated heterocycles. The van der Waals surface area contributed by atoms with Crippen LogP contribution in [0.2, 0.25) is 0 Å². The van der Waals surface area contributed by atoms with E-state index in [1.54, 1.807) is 26.8 Å². The van der Waals surface area contributed by atoms with Crippen molar-refractivity contribution in [3.05, 3.63) is 23.3 Å². The number of rotatable bonds is 2. The van der Waals surface area contributed by atoms with E-state index in [4.69, 9.17) is 5.73 Å². The zero-order valence-electron chi connectivity index (χ0n) is 10.1. The number of benzene rings is 1. The summed E-state index contributed by atoms with van der Waals surface area (Å²) in [5, 5.41) is 12.4. The van der Waals surface area contributed by atoms with E-state index in [2.05, 4.69) is 5.32 Å². The van der Waals surface area contributed by atoms with Gasteiger partial charge >= 0.3 is 0 Å². The lowest BCUT2D eigenvalue weighted by atomic mass is 10.1. The van der Waals surface area contributed by atoms with Gasteiger partial charge in [-0.3, -0.25) is 4.79 Å². The number of carbonyl (C=O) groups excluding carboxylic acids is 1. The normalized spacial score (nSPS) is 11.3. The van der Waals surface area contributed by atoms with Gasteiger partial charge in [0.15, 0.2) is 0 Å². The molecule has 0 atom stereocenters. The number of hydrogen-bond donors (Lipinski definition) is 3. The van der Waals surface area contributed by atoms with Crippen molar-refractivity contribution in [2.45, 2.75) is 33.2 Å². The fraction of sp³-hybridized carbons (Fsp3) is 0.417. The van der Waals surface area contributed by atoms with Gasteiger partial charge in [-0.15, -0.1) is 0 Å². The van der Waals surface area contributed by atoms with E-state index >= 15 is 0 Å². The summed E-state index contributed by atoms with van der Waals surface area (Å²) in [5.74, 6) is -0.240. The summed E-state index contributed by atoms with van der Waals surface area (Å²) in [6.45, 7) is 6.91. The zero-order valence-corrected chi connectivity index (χ0v) is 10.1. The molecule has 1 amide bonds. The molecule has 0 aliphatic rings. The standard InChI is InChI=1S/C12H18N2O2/c1-7-5-8(2)10(15)9(6-7)14-11(16)12(3,4)13/h5-6,15H,13H2,1-4H3,(H,14,16). The van der Waals surface area contributed by atoms with Crippen LogP contribution in [0, 0.1) is 13.8 Å². The SMILES string of the molecule is Cc1cc(C)c(O)c(NC(=O)C(C)(C)N)c1. The van der Waals surface area contributed by atoms with E-state index in [0.29, 0.717) is 5.69 Å². The number of phenolic OH excluding ortho intramolecular Hbond substituents is 1. The fourth-order valence-electron chi connectivity index (χ4n) is 1.34. The molecule has 4 nitrogen and oxygen atoms in total. The van der Waals surface area contributed by atoms with Crippen molar-refractivity contribution < 1.29 is 9.90 Å². The second-order valence-corrected chi connectivity index (χ2v) is 4.65. The number of carbonyl (C=O) groups is 1. The quantitative estimate of drug-likeness (QED) is 0.666. The average molecular weight is 222 g/mol. The Kier molecular flexibility index (Phi) is 3.24. The number of aryl methyl sites for hydroxylation is 2. The van der Waals surface area contributed by atoms with Crippen LogP contribution >= 0.6 is 0 Å². The van der Waals surface area contributed by atoms with E-state index in [1.807, 2.05) is 13.0 Å². The second kappa shape index (κ2) is 4.14. The fourth-order valence-corrected chi connectivity index (χ4v) is 1.34. The van der Waals surface area contributed by atoms with E-state index in [1.165, 1.54) is 0 Å². The van der Waals surface area contributed by atoms with E-state index in [9.17, 15) is 9.90 Å². The van der Waals surface area contributed by atoms with E-state index < -0.39 is 5.54 Å². The van der Waals surface area contributed by atoms with Crippen LogP contribution < -0.4 is 11.1 Å². The number of phenols is 1. The largest absolute Gasteiger partial charge is 0.505 e. The van der Waals surface area contributed by atoms with Crippen LogP contribution in [-0.2, 0) is 4.79 Å². The number of anilines is 1. The van der Waals surface area contributed by atoms with Gasteiger partial charge in [0.25, 0.3) is 0 Å². The van der Waals surface area contributed by atoms with Gasteiger partial charge in [0.1, 0.15) is 5.75 Å². The van der Waals surface area contributed by atoms with Crippen LogP contribution in [0.4, 0.5) is 5.69 Å². The molecule has 0 aromatic heterocycles. The average Bonchev–Trinajstić information content (AvgIpc) is 2.11. The third kappa shape index (κ3) is 2.73. The maximum atomic E-state index is 11.7. The van der Waals surface area contributed by atoms with Crippen molar-refractivity contribution in [2.24, 2.45) is 5.73 Å². The molecule has 0 heterocycles. The van der Waals surface area contributed by atoms with Crippen molar-refractivity contribution in [3.8, 4) is 5.75 Å². The highest BCUT2D eigenvalue weighted by Gasteiger charge is 2.23. The summed E-state index contributed by atoms with van der Waals surface area (Å²) in [4.78, 5) is 11.7. The lowest BCUT2D eigenvalue weighted by molar-refractivity contribution is -0.120. The lowest BCUT2D eigenvalue weighted by Crippen LogP contribution is -2.45. The number of amides is 1. The molecule has 0 radical (unpaired) electrons. The minimum Gasteiger partial charge on any atom is -0.505 e. The Morgan fingerprint density at radius 3 is 2.44 bits per heavy atom. The first-order valence-electron chi connectivity index (χ1n) is 5.12. The summed E-state index contributed by atoms with van der Waals surface area (Å²) in [6, 6.07) is 3.56. The maximum Gasteiger partial charge on any atom is 0.243 e. The number of aromatic hydroxyl groups is 1. The molecule has 0 bridgehead atoms. The minimum absolute atomic E-state index is 0.0863. The third-order valence-electron chi connectivity index (χ3n) is 2.28. The topological polar surface area (TPSA) is 75.3 Å². The van der Waals surface area contributed by atoms with Crippen molar-refractivity contribution in [1.82, 2.24) is 0 Å². The predicted octanol–water partition coefficient (Wildman–Crippen LogP) is 1.68. The summed E-state index contributed by atoms with van der Waals surface area (Å²) >= 11 is 0. The molecule has 16 heavy (non-hydrogen) atoms. The highest BCUT2D eigenvalue weighted by molar-refractivity contribution is 5.98. The van der Waals surface area contributed by atoms with Crippen LogP contribution in [0.25, 0.3) is 0 Å². The molecule has 0 aliphatic heterocycles. The molecule has 88 valence electrons. The number of nitrogens with one attached hydrogen (secondary N) is 1. The number of hydrogen-bond acceptors (Lipinski definition) is 3. The van der Waals surface area contributed by atoms with E-state index in [0.717, 1.165) is 11.1 Å². The Morgan fingerprint density at radius 2 is 1.94 bits per heavy atom. The zero-order chi connectivity index (χ0) is 12.5. The Labute approximate surface area is 95.5 Å². The summed E-state index contributed by atoms with van der Waals surface area (Å²) in [7, 11) is 0. The molecule has 0 saturated carbocycles. The van der Waals surface area contributed by atoms with Gasteiger partial charge in [0, 0.05) is 0 Å². The van der Waals surface area contributed by atoms with Crippen molar-refractivity contribution in [3.63, 3.8) is 0 Å². The third-order valence-corrected chi connectivity index (χ3v) is 2.28. The molecule has 0 fully saturated rings. The first kappa shape index (κ1) is 12.5. The molecule has 1 aromatic carbocycles. The highest BCUT2D eigenvalue weighted by atomic mass is 16.3. The molecular formula is C12H18N2O2. The van der Waals surface area contributed by atoms with Gasteiger partial charge in [0.2, 0.25) is 5.91 Å².